The van der Waals surface area contributed by atoms with Crippen LogP contribution in [0.25, 0.3) is 10.9 Å². The van der Waals surface area contributed by atoms with E-state index in [1.165, 1.54) is 12.8 Å². The number of aromatic nitrogens is 1. The van der Waals surface area contributed by atoms with Crippen molar-refractivity contribution in [3.8, 4) is 0 Å². The molecule has 2 fully saturated rings. The Balaban J connectivity index is -0.0000000396. The Kier molecular flexibility index (Phi) is 284. The van der Waals surface area contributed by atoms with Crippen molar-refractivity contribution in [3.05, 3.63) is 65.4 Å². The third-order valence-electron chi connectivity index (χ3n) is 8.43. The number of hydrogen-bond acceptors (Lipinski definition) is 3. The van der Waals surface area contributed by atoms with Crippen molar-refractivity contribution in [2.24, 2.45) is 18.9 Å². The van der Waals surface area contributed by atoms with Gasteiger partial charge in [-0.2, -0.15) is 17.7 Å². The SMILES string of the molecule is Cc1cc(NC(=O)c2cn(C)c3ccccc23)[c-]cc1CC(=O)N1C[C@@H](C)C[C@H]1COC1CCC(C)CC1.FF.FF.FF.FF.FF.FF.FF.FF.FF.FF.FF.FF.FF.FF.FF.FF.FF.FF.FF.FF.FF.FF.FF.FF.[Y]. The number of anilines is 1. The maximum absolute atomic E-state index is 13.4. The van der Waals surface area contributed by atoms with Gasteiger partial charge in [-0.15, -0.1) is 11.6 Å². The quantitative estimate of drug-likeness (QED) is 0.189. The summed E-state index contributed by atoms with van der Waals surface area (Å²) < 4.78 is 392. The number of carbonyl (C=O) groups is 2. The second-order valence-corrected chi connectivity index (χ2v) is 11.6. The fourth-order valence-electron chi connectivity index (χ4n) is 6.13. The number of ether oxygens (including phenoxy) is 1. The fourth-order valence-corrected chi connectivity index (χ4v) is 6.13. The molecule has 541 valence electrons. The van der Waals surface area contributed by atoms with E-state index in [4.69, 9.17) is 224 Å². The molecule has 2 heterocycles. The molecule has 87 heavy (non-hydrogen) atoms. The molecule has 5 rings (SSSR count). The summed E-state index contributed by atoms with van der Waals surface area (Å²) >= 11 is 0. The smallest absolute Gasteiger partial charge is 0.256 e. The number of hydrogen-bond donors (Lipinski definition) is 1. The van der Waals surface area contributed by atoms with Crippen LogP contribution in [0.2, 0.25) is 0 Å². The monoisotopic (exact) mass is 1520 g/mol. The molecule has 1 radical (unpaired) electrons. The Morgan fingerprint density at radius 1 is 0.517 bits per heavy atom. The van der Waals surface area contributed by atoms with Crippen molar-refractivity contribution in [3.63, 3.8) is 0 Å². The van der Waals surface area contributed by atoms with Crippen molar-refractivity contribution >= 4 is 28.4 Å². The molecule has 1 aromatic heterocycles. The van der Waals surface area contributed by atoms with E-state index in [0.29, 0.717) is 36.3 Å². The van der Waals surface area contributed by atoms with Gasteiger partial charge in [-0.3, -0.25) is 9.59 Å². The van der Waals surface area contributed by atoms with Crippen LogP contribution < -0.4 is 5.32 Å². The van der Waals surface area contributed by atoms with Crippen LogP contribution in [0.1, 0.15) is 67.4 Å². The third kappa shape index (κ3) is 91.9. The van der Waals surface area contributed by atoms with E-state index >= 15 is 0 Å². The number of carbonyl (C=O) groups excluding carboxylic acids is 2. The van der Waals surface area contributed by atoms with E-state index in [-0.39, 0.29) is 50.6 Å². The molecule has 2 aromatic carbocycles. The molecule has 2 atom stereocenters. The minimum absolute atomic E-state index is 0. The number of aryl methyl sites for hydroxylation is 2. The predicted molar refractivity (Wildman–Crippen MR) is 204 cm³/mol. The number of benzene rings is 2. The van der Waals surface area contributed by atoms with Gasteiger partial charge < -0.3 is 19.5 Å². The van der Waals surface area contributed by atoms with E-state index in [0.717, 1.165) is 53.8 Å². The molecule has 6 nitrogen and oxygen atoms in total. The number of nitrogens with one attached hydrogen (secondary N) is 1. The summed E-state index contributed by atoms with van der Waals surface area (Å²) in [6.45, 7) is 7.95. The molecule has 0 bridgehead atoms. The molecule has 1 aliphatic heterocycles. The van der Waals surface area contributed by atoms with E-state index in [1.54, 1.807) is 0 Å². The Labute approximate surface area is 478 Å². The van der Waals surface area contributed by atoms with Crippen LogP contribution in [-0.4, -0.2) is 46.6 Å². The van der Waals surface area contributed by atoms with E-state index in [2.05, 4.69) is 25.2 Å². The fraction of sp³-hybridized carbons (Fsp3) is 0.500. The van der Waals surface area contributed by atoms with Gasteiger partial charge in [0.2, 0.25) is 5.91 Å². The molecule has 1 saturated carbocycles. The van der Waals surface area contributed by atoms with Crippen LogP contribution in [0.15, 0.2) is 42.6 Å². The second kappa shape index (κ2) is 171. The molecule has 0 spiro atoms. The summed E-state index contributed by atoms with van der Waals surface area (Å²) in [5.74, 6) is 1.27. The van der Waals surface area contributed by atoms with Crippen LogP contribution in [-0.2, 0) is 55.7 Å². The number of amides is 2. The summed E-state index contributed by atoms with van der Waals surface area (Å²) in [4.78, 5) is 28.4. The first-order chi connectivity index (χ1) is 42.3. The maximum Gasteiger partial charge on any atom is 0.256 e. The zero-order valence-electron chi connectivity index (χ0n) is 41.8. The molecule has 0 unspecified atom stereocenters. The van der Waals surface area contributed by atoms with Crippen molar-refractivity contribution in [1.82, 2.24) is 9.47 Å². The summed E-state index contributed by atoms with van der Waals surface area (Å²) in [6, 6.07) is 15.0. The summed E-state index contributed by atoms with van der Waals surface area (Å²) in [5.41, 5.74) is 4.17. The van der Waals surface area contributed by atoms with Crippen molar-refractivity contribution in [1.29, 1.82) is 0 Å². The predicted octanol–water partition coefficient (Wildman–Crippen LogP) is 26.1. The number of para-hydroxylation sites is 1. The molecular formula is C32H40F48N3O3Y-. The molecular weight excluding hydrogens is 1480 g/mol. The van der Waals surface area contributed by atoms with Gasteiger partial charge in [-0.25, -0.2) is 0 Å². The third-order valence-corrected chi connectivity index (χ3v) is 8.43. The molecule has 2 aliphatic rings. The van der Waals surface area contributed by atoms with Crippen LogP contribution in [0.5, 0.6) is 0 Å². The van der Waals surface area contributed by atoms with Gasteiger partial charge in [-0.1, -0.05) is 44.7 Å². The Bertz CT molecular complexity index is 1400. The van der Waals surface area contributed by atoms with Crippen LogP contribution in [0.3, 0.4) is 0 Å². The van der Waals surface area contributed by atoms with Gasteiger partial charge in [0, 0.05) is 289 Å². The van der Waals surface area contributed by atoms with Gasteiger partial charge in [-0.05, 0) is 50.0 Å². The Morgan fingerprint density at radius 3 is 1.18 bits per heavy atom. The molecule has 2 amide bonds. The van der Waals surface area contributed by atoms with Crippen LogP contribution in [0, 0.1) is 24.8 Å². The molecule has 1 saturated heterocycles. The van der Waals surface area contributed by atoms with Gasteiger partial charge in [0.25, 0.3) is 5.91 Å². The van der Waals surface area contributed by atoms with E-state index in [1.807, 2.05) is 66.0 Å². The van der Waals surface area contributed by atoms with Crippen LogP contribution >= 0.6 is 0 Å². The average molecular weight is 1520 g/mol. The summed E-state index contributed by atoms with van der Waals surface area (Å²) in [7, 11) is 1.94. The minimum atomic E-state index is -0.164. The summed E-state index contributed by atoms with van der Waals surface area (Å²) in [5, 5.41) is 3.90. The largest absolute Gasteiger partial charge is 0.376 e. The number of rotatable bonds is 7. The van der Waals surface area contributed by atoms with Crippen LogP contribution in [0.4, 0.5) is 225 Å². The first-order valence-electron chi connectivity index (χ1n) is 17.5. The molecule has 3 aromatic rings. The first-order valence-corrected chi connectivity index (χ1v) is 17.5. The van der Waals surface area contributed by atoms with Crippen molar-refractivity contribution < 1.29 is 267 Å². The zero-order chi connectivity index (χ0) is 74.8. The first kappa shape index (κ1) is 144. The standard InChI is InChI=1S/C32H40N3O3.24F2.Y/c1-21-9-13-27(14-10-21)38-20-26-15-22(2)18-35(26)31(36)17-24-11-12-25(16-23(24)3)33-32(37)29-19-34(4)30-8-6-5-7-28(29)30;24*1-2;/h5-8,11,16,19,21-22,26-27H,9-10,13-15,17-18,20H2,1-4H3,(H,33,37);;;;;;;;;;;;;;;;;;;;;;;;;/q-1;;;;;;;;;;;;;;;;;;;;;;;;;/t21?,22-,26-,27?;;;;;;;;;;;;;;;;;;;;;;;;;/m0........................./s1. The topological polar surface area (TPSA) is 63.6 Å². The average Bonchev–Trinajstić information content (AvgIpc) is 4.42. The van der Waals surface area contributed by atoms with Gasteiger partial charge >= 0.3 is 0 Å². The molecule has 1 aliphatic carbocycles. The van der Waals surface area contributed by atoms with Gasteiger partial charge in [0.15, 0.2) is 0 Å². The number of likely N-dealkylation sites (tertiary alicyclic amines) is 1. The number of fused-ring (bicyclic) bond motifs is 1. The normalized spacial score (nSPS) is 12.0. The Hall–Kier alpha value is -5.38. The number of nitrogens with zero attached hydrogens (tertiary/aromatic N) is 2. The van der Waals surface area contributed by atoms with E-state index < -0.39 is 0 Å². The number of halogens is 48. The van der Waals surface area contributed by atoms with Gasteiger partial charge in [0.05, 0.1) is 24.3 Å². The maximum atomic E-state index is 13.4. The second-order valence-electron chi connectivity index (χ2n) is 11.6. The summed E-state index contributed by atoms with van der Waals surface area (Å²) in [6.07, 6.45) is 8.28. The van der Waals surface area contributed by atoms with Gasteiger partial charge in [0.1, 0.15) is 0 Å². The zero-order valence-corrected chi connectivity index (χ0v) is 44.7. The minimum Gasteiger partial charge on any atom is -0.376 e. The molecule has 1 N–H and O–H groups in total. The van der Waals surface area contributed by atoms with Crippen molar-refractivity contribution in [2.75, 3.05) is 18.5 Å². The van der Waals surface area contributed by atoms with Crippen molar-refractivity contribution in [2.45, 2.75) is 71.4 Å². The Morgan fingerprint density at radius 2 is 0.851 bits per heavy atom. The van der Waals surface area contributed by atoms with E-state index in [9.17, 15) is 9.59 Å². The molecule has 55 heteroatoms.